The summed E-state index contributed by atoms with van der Waals surface area (Å²) in [4.78, 5) is 18.8. The van der Waals surface area contributed by atoms with Gasteiger partial charge in [0.05, 0.1) is 30.6 Å². The molecular weight excluding hydrogens is 513 g/mol. The van der Waals surface area contributed by atoms with Crippen molar-refractivity contribution in [2.75, 3.05) is 17.3 Å². The van der Waals surface area contributed by atoms with Crippen LogP contribution >= 0.6 is 12.2 Å². The van der Waals surface area contributed by atoms with Gasteiger partial charge in [-0.2, -0.15) is 0 Å². The minimum atomic E-state index is -0.277. The zero-order chi connectivity index (χ0) is 27.7. The third kappa shape index (κ3) is 4.97. The quantitative estimate of drug-likeness (QED) is 0.272. The van der Waals surface area contributed by atoms with Gasteiger partial charge in [-0.15, -0.1) is 0 Å². The second-order valence-electron chi connectivity index (χ2n) is 9.42. The van der Waals surface area contributed by atoms with Crippen molar-refractivity contribution in [1.29, 1.82) is 0 Å². The third-order valence-corrected chi connectivity index (χ3v) is 7.34. The first-order valence-electron chi connectivity index (χ1n) is 12.8. The Kier molecular flexibility index (Phi) is 7.34. The molecular formula is C30H30FN5O2S. The molecule has 7 nitrogen and oxygen atoms in total. The van der Waals surface area contributed by atoms with Gasteiger partial charge >= 0.3 is 0 Å². The summed E-state index contributed by atoms with van der Waals surface area (Å²) in [6.07, 6.45) is 2.14. The summed E-state index contributed by atoms with van der Waals surface area (Å²) in [6, 6.07) is 19.6. The number of anilines is 2. The Labute approximate surface area is 232 Å². The van der Waals surface area contributed by atoms with E-state index in [2.05, 4.69) is 38.1 Å². The molecule has 2 atom stereocenters. The molecule has 200 valence electrons. The first kappa shape index (κ1) is 26.4. The van der Waals surface area contributed by atoms with E-state index in [1.807, 2.05) is 43.3 Å². The Morgan fingerprint density at radius 2 is 1.85 bits per heavy atom. The van der Waals surface area contributed by atoms with Crippen LogP contribution in [-0.2, 0) is 4.79 Å². The van der Waals surface area contributed by atoms with Crippen LogP contribution in [-0.4, -0.2) is 27.7 Å². The molecule has 3 heterocycles. The first-order chi connectivity index (χ1) is 18.8. The van der Waals surface area contributed by atoms with Crippen LogP contribution in [0.25, 0.3) is 5.69 Å². The number of aryl methyl sites for hydroxylation is 1. The van der Waals surface area contributed by atoms with Gasteiger partial charge in [-0.25, -0.2) is 4.39 Å². The largest absolute Gasteiger partial charge is 0.494 e. The predicted molar refractivity (Wildman–Crippen MR) is 155 cm³/mol. The number of carbonyl (C=O) groups is 1. The highest BCUT2D eigenvalue weighted by molar-refractivity contribution is 7.80. The SMILES string of the molecule is CCC(=O)Nc1ccc(N2C(=S)N[C@@H](c3ccccn3)[C@@H]2c2cc(C)n(-c3ccc(F)cc3)c2C)cc1OC. The van der Waals surface area contributed by atoms with Gasteiger partial charge in [-0.3, -0.25) is 9.78 Å². The standard InChI is InChI=1S/C30H30FN5O2S/c1-5-27(37)33-24-14-13-22(17-26(24)38-4)36-29(28(34-30(36)39)25-8-6-7-15-32-25)23-16-18(2)35(19(23)3)21-11-9-20(31)10-12-21/h6-17,28-29H,5H2,1-4H3,(H,33,37)(H,34,39)/t28-,29-/m0/s1. The maximum absolute atomic E-state index is 13.7. The molecule has 9 heteroatoms. The van der Waals surface area contributed by atoms with E-state index in [1.165, 1.54) is 12.1 Å². The van der Waals surface area contributed by atoms with Crippen molar-refractivity contribution in [1.82, 2.24) is 14.9 Å². The Balaban J connectivity index is 1.64. The molecule has 2 N–H and O–H groups in total. The number of aromatic nitrogens is 2. The van der Waals surface area contributed by atoms with Gasteiger partial charge in [0.15, 0.2) is 5.11 Å². The number of methoxy groups -OCH3 is 1. The van der Waals surface area contributed by atoms with Crippen LogP contribution in [0.2, 0.25) is 0 Å². The Bertz CT molecular complexity index is 1520. The van der Waals surface area contributed by atoms with Crippen LogP contribution in [0.15, 0.2) is 72.9 Å². The summed E-state index contributed by atoms with van der Waals surface area (Å²) in [5.41, 5.74) is 6.24. The van der Waals surface area contributed by atoms with Crippen molar-refractivity contribution >= 4 is 34.6 Å². The van der Waals surface area contributed by atoms with E-state index in [4.69, 9.17) is 17.0 Å². The van der Waals surface area contributed by atoms with Gasteiger partial charge in [-0.05, 0) is 86.2 Å². The van der Waals surface area contributed by atoms with E-state index >= 15 is 0 Å². The lowest BCUT2D eigenvalue weighted by Gasteiger charge is -2.29. The summed E-state index contributed by atoms with van der Waals surface area (Å²) in [7, 11) is 1.58. The fourth-order valence-electron chi connectivity index (χ4n) is 5.20. The van der Waals surface area contributed by atoms with Crippen LogP contribution in [0, 0.1) is 19.7 Å². The molecule has 1 fully saturated rings. The zero-order valence-electron chi connectivity index (χ0n) is 22.2. The number of rotatable bonds is 7. The molecule has 0 radical (unpaired) electrons. The fraction of sp³-hybridized carbons (Fsp3) is 0.233. The van der Waals surface area contributed by atoms with Gasteiger partial charge < -0.3 is 24.8 Å². The smallest absolute Gasteiger partial charge is 0.224 e. The van der Waals surface area contributed by atoms with Crippen LogP contribution < -0.4 is 20.3 Å². The summed E-state index contributed by atoms with van der Waals surface area (Å²) in [5.74, 6) is 0.162. The number of hydrogen-bond donors (Lipinski definition) is 2. The Morgan fingerprint density at radius 1 is 1.10 bits per heavy atom. The second kappa shape index (κ2) is 10.9. The van der Waals surface area contributed by atoms with Crippen molar-refractivity contribution in [3.63, 3.8) is 0 Å². The molecule has 5 rings (SSSR count). The average Bonchev–Trinajstić information content (AvgIpc) is 3.44. The number of benzene rings is 2. The van der Waals surface area contributed by atoms with Gasteiger partial charge in [0.1, 0.15) is 11.6 Å². The highest BCUT2D eigenvalue weighted by atomic mass is 32.1. The molecule has 1 aliphatic heterocycles. The number of amides is 1. The number of nitrogens with one attached hydrogen (secondary N) is 2. The van der Waals surface area contributed by atoms with Crippen molar-refractivity contribution in [2.45, 2.75) is 39.3 Å². The van der Waals surface area contributed by atoms with E-state index in [1.54, 1.807) is 32.4 Å². The summed E-state index contributed by atoms with van der Waals surface area (Å²) in [5, 5.41) is 6.93. The lowest BCUT2D eigenvalue weighted by atomic mass is 9.96. The predicted octanol–water partition coefficient (Wildman–Crippen LogP) is 6.16. The van der Waals surface area contributed by atoms with Crippen molar-refractivity contribution in [2.24, 2.45) is 0 Å². The van der Waals surface area contributed by atoms with E-state index in [0.29, 0.717) is 23.0 Å². The van der Waals surface area contributed by atoms with Gasteiger partial charge in [0.2, 0.25) is 5.91 Å². The number of hydrogen-bond acceptors (Lipinski definition) is 4. The minimum Gasteiger partial charge on any atom is -0.494 e. The molecule has 0 unspecified atom stereocenters. The summed E-state index contributed by atoms with van der Waals surface area (Å²) in [6.45, 7) is 5.90. The van der Waals surface area contributed by atoms with Crippen molar-refractivity contribution in [3.05, 3.63) is 101 Å². The molecule has 4 aromatic rings. The minimum absolute atomic E-state index is 0.0965. The lowest BCUT2D eigenvalue weighted by molar-refractivity contribution is -0.115. The van der Waals surface area contributed by atoms with Gasteiger partial charge in [0.25, 0.3) is 0 Å². The lowest BCUT2D eigenvalue weighted by Crippen LogP contribution is -2.29. The number of carbonyl (C=O) groups excluding carboxylic acids is 1. The van der Waals surface area contributed by atoms with Gasteiger partial charge in [-0.1, -0.05) is 13.0 Å². The molecule has 1 aliphatic rings. The van der Waals surface area contributed by atoms with Crippen LogP contribution in [0.3, 0.4) is 0 Å². The van der Waals surface area contributed by atoms with Crippen molar-refractivity contribution < 1.29 is 13.9 Å². The summed E-state index contributed by atoms with van der Waals surface area (Å²) >= 11 is 5.90. The number of pyridine rings is 1. The molecule has 0 bridgehead atoms. The van der Waals surface area contributed by atoms with E-state index < -0.39 is 0 Å². The molecule has 2 aromatic heterocycles. The maximum atomic E-state index is 13.7. The van der Waals surface area contributed by atoms with Crippen LogP contribution in [0.5, 0.6) is 5.75 Å². The molecule has 0 aliphatic carbocycles. The normalized spacial score (nSPS) is 16.7. The molecule has 1 amide bonds. The second-order valence-corrected chi connectivity index (χ2v) is 9.81. The van der Waals surface area contributed by atoms with Crippen LogP contribution in [0.4, 0.5) is 15.8 Å². The molecule has 0 spiro atoms. The third-order valence-electron chi connectivity index (χ3n) is 7.03. The number of halogens is 1. The molecule has 39 heavy (non-hydrogen) atoms. The van der Waals surface area contributed by atoms with Gasteiger partial charge in [0, 0.05) is 41.4 Å². The molecule has 1 saturated heterocycles. The van der Waals surface area contributed by atoms with E-state index in [-0.39, 0.29) is 23.8 Å². The molecule has 0 saturated carbocycles. The molecule has 2 aromatic carbocycles. The summed E-state index contributed by atoms with van der Waals surface area (Å²) < 4.78 is 21.4. The van der Waals surface area contributed by atoms with E-state index in [9.17, 15) is 9.18 Å². The first-order valence-corrected chi connectivity index (χ1v) is 13.2. The number of thiocarbonyl (C=S) groups is 1. The highest BCUT2D eigenvalue weighted by Gasteiger charge is 2.42. The Hall–Kier alpha value is -4.24. The van der Waals surface area contributed by atoms with Crippen molar-refractivity contribution in [3.8, 4) is 11.4 Å². The monoisotopic (exact) mass is 543 g/mol. The topological polar surface area (TPSA) is 71.4 Å². The van der Waals surface area contributed by atoms with E-state index in [0.717, 1.165) is 34.0 Å². The number of ether oxygens (including phenoxy) is 1. The average molecular weight is 544 g/mol. The Morgan fingerprint density at radius 3 is 2.51 bits per heavy atom. The zero-order valence-corrected chi connectivity index (χ0v) is 23.1. The fourth-order valence-corrected chi connectivity index (χ4v) is 5.54. The highest BCUT2D eigenvalue weighted by Crippen LogP contribution is 2.45. The van der Waals surface area contributed by atoms with Crippen LogP contribution in [0.1, 0.15) is 48.1 Å². The maximum Gasteiger partial charge on any atom is 0.224 e. The number of nitrogens with zero attached hydrogens (tertiary/aromatic N) is 3.